The van der Waals surface area contributed by atoms with Crippen molar-refractivity contribution in [2.24, 2.45) is 0 Å². The van der Waals surface area contributed by atoms with Crippen LogP contribution in [0.3, 0.4) is 0 Å². The fourth-order valence-corrected chi connectivity index (χ4v) is 3.10. The Labute approximate surface area is 96.7 Å². The number of hydrogen-bond donors (Lipinski definition) is 1. The topological polar surface area (TPSA) is 37.8 Å². The minimum Gasteiger partial charge on any atom is -0.317 e. The predicted molar refractivity (Wildman–Crippen MR) is 63.6 cm³/mol. The molecule has 2 heterocycles. The molecule has 3 heteroatoms. The summed E-state index contributed by atoms with van der Waals surface area (Å²) in [6, 6.07) is 0. The van der Waals surface area contributed by atoms with E-state index in [9.17, 15) is 0 Å². The molecule has 1 aromatic rings. The molecule has 0 bridgehead atoms. The molecule has 0 spiro atoms. The van der Waals surface area contributed by atoms with Crippen LogP contribution in [0.25, 0.3) is 0 Å². The van der Waals surface area contributed by atoms with Crippen LogP contribution in [0, 0.1) is 0 Å². The zero-order valence-corrected chi connectivity index (χ0v) is 9.87. The number of rotatable bonds is 1. The van der Waals surface area contributed by atoms with Gasteiger partial charge in [0.2, 0.25) is 0 Å². The van der Waals surface area contributed by atoms with Crippen molar-refractivity contribution in [1.29, 1.82) is 0 Å². The SMILES string of the molecule is CC1CCc2ncnc(C3CCNCC3)c21. The van der Waals surface area contributed by atoms with Gasteiger partial charge in [-0.15, -0.1) is 0 Å². The van der Waals surface area contributed by atoms with Crippen molar-refractivity contribution in [2.45, 2.75) is 44.4 Å². The predicted octanol–water partition coefficient (Wildman–Crippen LogP) is 1.99. The van der Waals surface area contributed by atoms with E-state index in [1.165, 1.54) is 36.2 Å². The number of aromatic nitrogens is 2. The first-order valence-electron chi connectivity index (χ1n) is 6.40. The summed E-state index contributed by atoms with van der Waals surface area (Å²) in [5.41, 5.74) is 4.15. The van der Waals surface area contributed by atoms with Crippen molar-refractivity contribution >= 4 is 0 Å². The summed E-state index contributed by atoms with van der Waals surface area (Å²) in [7, 11) is 0. The van der Waals surface area contributed by atoms with E-state index in [2.05, 4.69) is 22.2 Å². The highest BCUT2D eigenvalue weighted by atomic mass is 14.9. The molecule has 1 N–H and O–H groups in total. The molecular formula is C13H19N3. The van der Waals surface area contributed by atoms with Crippen LogP contribution in [-0.4, -0.2) is 23.1 Å². The fraction of sp³-hybridized carbons (Fsp3) is 0.692. The first-order valence-corrected chi connectivity index (χ1v) is 6.40. The third-order valence-electron chi connectivity index (χ3n) is 4.03. The van der Waals surface area contributed by atoms with Gasteiger partial charge in [0.15, 0.2) is 0 Å². The van der Waals surface area contributed by atoms with E-state index in [0.717, 1.165) is 19.5 Å². The number of nitrogens with zero attached hydrogens (tertiary/aromatic N) is 2. The Morgan fingerprint density at radius 2 is 2.00 bits per heavy atom. The van der Waals surface area contributed by atoms with E-state index in [4.69, 9.17) is 0 Å². The molecule has 1 aromatic heterocycles. The number of fused-ring (bicyclic) bond motifs is 1. The maximum atomic E-state index is 4.59. The maximum Gasteiger partial charge on any atom is 0.115 e. The average molecular weight is 217 g/mol. The standard InChI is InChI=1S/C13H19N3/c1-9-2-3-11-12(9)13(16-8-15-11)10-4-6-14-7-5-10/h8-10,14H,2-7H2,1H3. The van der Waals surface area contributed by atoms with Crippen molar-refractivity contribution in [3.63, 3.8) is 0 Å². The molecule has 0 amide bonds. The van der Waals surface area contributed by atoms with Crippen molar-refractivity contribution in [3.05, 3.63) is 23.3 Å². The molecule has 0 radical (unpaired) electrons. The van der Waals surface area contributed by atoms with Crippen molar-refractivity contribution < 1.29 is 0 Å². The average Bonchev–Trinajstić information content (AvgIpc) is 2.73. The number of aryl methyl sites for hydroxylation is 1. The molecule has 3 nitrogen and oxygen atoms in total. The zero-order chi connectivity index (χ0) is 11.0. The zero-order valence-electron chi connectivity index (χ0n) is 9.87. The molecule has 3 rings (SSSR count). The van der Waals surface area contributed by atoms with E-state index >= 15 is 0 Å². The van der Waals surface area contributed by atoms with E-state index in [0.29, 0.717) is 11.8 Å². The second-order valence-corrected chi connectivity index (χ2v) is 5.08. The van der Waals surface area contributed by atoms with Crippen LogP contribution in [-0.2, 0) is 6.42 Å². The Morgan fingerprint density at radius 3 is 2.81 bits per heavy atom. The maximum absolute atomic E-state index is 4.59. The van der Waals surface area contributed by atoms with Crippen LogP contribution < -0.4 is 5.32 Å². The molecule has 16 heavy (non-hydrogen) atoms. The van der Waals surface area contributed by atoms with Gasteiger partial charge in [0.1, 0.15) is 6.33 Å². The Kier molecular flexibility index (Phi) is 2.64. The summed E-state index contributed by atoms with van der Waals surface area (Å²) in [5.74, 6) is 1.33. The molecule has 0 saturated carbocycles. The Morgan fingerprint density at radius 1 is 1.19 bits per heavy atom. The molecule has 1 aliphatic carbocycles. The van der Waals surface area contributed by atoms with Crippen LogP contribution in [0.15, 0.2) is 6.33 Å². The molecule has 2 aliphatic rings. The second kappa shape index (κ2) is 4.13. The van der Waals surface area contributed by atoms with Gasteiger partial charge in [0.05, 0.1) is 5.69 Å². The molecule has 1 unspecified atom stereocenters. The highest BCUT2D eigenvalue weighted by Gasteiger charge is 2.28. The number of hydrogen-bond acceptors (Lipinski definition) is 3. The third kappa shape index (κ3) is 1.63. The van der Waals surface area contributed by atoms with E-state index in [-0.39, 0.29) is 0 Å². The Hall–Kier alpha value is -0.960. The van der Waals surface area contributed by atoms with Gasteiger partial charge in [0.25, 0.3) is 0 Å². The second-order valence-electron chi connectivity index (χ2n) is 5.08. The van der Waals surface area contributed by atoms with Gasteiger partial charge in [-0.3, -0.25) is 0 Å². The summed E-state index contributed by atoms with van der Waals surface area (Å²) < 4.78 is 0. The van der Waals surface area contributed by atoms with Crippen LogP contribution in [0.4, 0.5) is 0 Å². The Balaban J connectivity index is 1.97. The summed E-state index contributed by atoms with van der Waals surface area (Å²) in [6.45, 7) is 4.59. The highest BCUT2D eigenvalue weighted by Crippen LogP contribution is 2.37. The molecule has 1 saturated heterocycles. The molecule has 1 aliphatic heterocycles. The van der Waals surface area contributed by atoms with Crippen LogP contribution in [0.1, 0.15) is 55.0 Å². The van der Waals surface area contributed by atoms with Crippen LogP contribution >= 0.6 is 0 Å². The van der Waals surface area contributed by atoms with Crippen molar-refractivity contribution in [3.8, 4) is 0 Å². The molecule has 1 atom stereocenters. The molecule has 0 aromatic carbocycles. The summed E-state index contributed by atoms with van der Waals surface area (Å²) in [6.07, 6.45) is 6.64. The van der Waals surface area contributed by atoms with Gasteiger partial charge in [-0.05, 0) is 50.3 Å². The lowest BCUT2D eigenvalue weighted by Gasteiger charge is -2.24. The monoisotopic (exact) mass is 217 g/mol. The number of piperidine rings is 1. The van der Waals surface area contributed by atoms with Crippen molar-refractivity contribution in [1.82, 2.24) is 15.3 Å². The number of nitrogens with one attached hydrogen (secondary N) is 1. The lowest BCUT2D eigenvalue weighted by atomic mass is 9.88. The summed E-state index contributed by atoms with van der Waals surface area (Å²) in [4.78, 5) is 9.02. The summed E-state index contributed by atoms with van der Waals surface area (Å²) in [5, 5.41) is 3.42. The van der Waals surface area contributed by atoms with Gasteiger partial charge in [0, 0.05) is 11.6 Å². The van der Waals surface area contributed by atoms with Crippen LogP contribution in [0.2, 0.25) is 0 Å². The van der Waals surface area contributed by atoms with E-state index in [1.807, 2.05) is 0 Å². The highest BCUT2D eigenvalue weighted by molar-refractivity contribution is 5.35. The lowest BCUT2D eigenvalue weighted by molar-refractivity contribution is 0.449. The largest absolute Gasteiger partial charge is 0.317 e. The van der Waals surface area contributed by atoms with Gasteiger partial charge in [-0.2, -0.15) is 0 Å². The lowest BCUT2D eigenvalue weighted by Crippen LogP contribution is -2.27. The Bertz CT molecular complexity index is 383. The fourth-order valence-electron chi connectivity index (χ4n) is 3.10. The third-order valence-corrected chi connectivity index (χ3v) is 4.03. The minimum atomic E-state index is 0.665. The summed E-state index contributed by atoms with van der Waals surface area (Å²) >= 11 is 0. The molecule has 86 valence electrons. The van der Waals surface area contributed by atoms with E-state index < -0.39 is 0 Å². The van der Waals surface area contributed by atoms with Gasteiger partial charge < -0.3 is 5.32 Å². The smallest absolute Gasteiger partial charge is 0.115 e. The molecule has 1 fully saturated rings. The van der Waals surface area contributed by atoms with Gasteiger partial charge >= 0.3 is 0 Å². The first-order chi connectivity index (χ1) is 7.86. The van der Waals surface area contributed by atoms with Crippen LogP contribution in [0.5, 0.6) is 0 Å². The van der Waals surface area contributed by atoms with E-state index in [1.54, 1.807) is 6.33 Å². The molecular weight excluding hydrogens is 198 g/mol. The quantitative estimate of drug-likeness (QED) is 0.781. The minimum absolute atomic E-state index is 0.665. The van der Waals surface area contributed by atoms with Crippen molar-refractivity contribution in [2.75, 3.05) is 13.1 Å². The van der Waals surface area contributed by atoms with Gasteiger partial charge in [-0.1, -0.05) is 6.92 Å². The van der Waals surface area contributed by atoms with Gasteiger partial charge in [-0.25, -0.2) is 9.97 Å². The first kappa shape index (κ1) is 10.2. The normalized spacial score (nSPS) is 25.7.